The van der Waals surface area contributed by atoms with E-state index in [1.165, 1.54) is 12.1 Å². The van der Waals surface area contributed by atoms with E-state index in [2.05, 4.69) is 10.2 Å². The third-order valence-electron chi connectivity index (χ3n) is 3.35. The van der Waals surface area contributed by atoms with Crippen LogP contribution in [0.2, 0.25) is 5.15 Å². The van der Waals surface area contributed by atoms with E-state index in [1.54, 1.807) is 0 Å². The summed E-state index contributed by atoms with van der Waals surface area (Å²) in [6.07, 6.45) is 0.339. The van der Waals surface area contributed by atoms with Gasteiger partial charge in [-0.05, 0) is 17.7 Å². The molecule has 3 aromatic rings. The van der Waals surface area contributed by atoms with Crippen LogP contribution < -0.4 is 0 Å². The Morgan fingerprint density at radius 2 is 1.86 bits per heavy atom. The lowest BCUT2D eigenvalue weighted by Gasteiger charge is -2.07. The summed E-state index contributed by atoms with van der Waals surface area (Å²) < 4.78 is 13.4. The molecule has 0 bridgehead atoms. The Balaban J connectivity index is 2.06. The normalized spacial score (nSPS) is 10.8. The number of aromatic nitrogens is 2. The van der Waals surface area contributed by atoms with Gasteiger partial charge in [-0.1, -0.05) is 41.9 Å². The summed E-state index contributed by atoms with van der Waals surface area (Å²) in [5.41, 5.74) is 0.937. The largest absolute Gasteiger partial charge is 0.478 e. The molecule has 6 heteroatoms. The zero-order valence-electron chi connectivity index (χ0n) is 11.3. The molecule has 1 heterocycles. The predicted octanol–water partition coefficient (Wildman–Crippen LogP) is 3.71. The molecule has 0 aliphatic carbocycles. The number of rotatable bonds is 3. The van der Waals surface area contributed by atoms with Gasteiger partial charge >= 0.3 is 5.97 Å². The van der Waals surface area contributed by atoms with Crippen molar-refractivity contribution < 1.29 is 14.3 Å². The summed E-state index contributed by atoms with van der Waals surface area (Å²) in [5, 5.41) is 18.9. The zero-order valence-corrected chi connectivity index (χ0v) is 12.0. The first-order valence-electron chi connectivity index (χ1n) is 6.48. The smallest absolute Gasteiger partial charge is 0.338 e. The average molecular weight is 317 g/mol. The van der Waals surface area contributed by atoms with Crippen LogP contribution in [0, 0.1) is 5.82 Å². The molecule has 4 nitrogen and oxygen atoms in total. The molecule has 0 saturated heterocycles. The van der Waals surface area contributed by atoms with Gasteiger partial charge in [0.25, 0.3) is 0 Å². The van der Waals surface area contributed by atoms with Gasteiger partial charge in [-0.3, -0.25) is 0 Å². The molecule has 3 rings (SSSR count). The maximum absolute atomic E-state index is 13.4. The van der Waals surface area contributed by atoms with Crippen molar-refractivity contribution in [3.05, 3.63) is 70.3 Å². The number of aromatic carboxylic acids is 1. The first-order valence-corrected chi connectivity index (χ1v) is 6.85. The summed E-state index contributed by atoms with van der Waals surface area (Å²) >= 11 is 6.02. The molecule has 0 saturated carbocycles. The van der Waals surface area contributed by atoms with Gasteiger partial charge in [-0.25, -0.2) is 9.18 Å². The second kappa shape index (κ2) is 5.69. The number of carbonyl (C=O) groups is 1. The minimum absolute atomic E-state index is 0.310. The molecule has 110 valence electrons. The van der Waals surface area contributed by atoms with Crippen molar-refractivity contribution in [2.75, 3.05) is 0 Å². The molecule has 0 atom stereocenters. The molecule has 0 aliphatic heterocycles. The molecule has 1 aromatic heterocycles. The minimum atomic E-state index is -1.30. The maximum Gasteiger partial charge on any atom is 0.338 e. The van der Waals surface area contributed by atoms with E-state index < -0.39 is 11.8 Å². The Morgan fingerprint density at radius 1 is 1.14 bits per heavy atom. The van der Waals surface area contributed by atoms with Crippen molar-refractivity contribution in [3.8, 4) is 0 Å². The van der Waals surface area contributed by atoms with Gasteiger partial charge in [0.15, 0.2) is 5.15 Å². The van der Waals surface area contributed by atoms with E-state index in [1.807, 2.05) is 24.3 Å². The van der Waals surface area contributed by atoms with Crippen LogP contribution in [0.3, 0.4) is 0 Å². The number of hydrogen-bond acceptors (Lipinski definition) is 3. The van der Waals surface area contributed by atoms with Crippen LogP contribution in [0.1, 0.15) is 21.6 Å². The second-order valence-electron chi connectivity index (χ2n) is 4.78. The van der Waals surface area contributed by atoms with Crippen molar-refractivity contribution in [2.45, 2.75) is 6.42 Å². The highest BCUT2D eigenvalue weighted by Gasteiger charge is 2.13. The highest BCUT2D eigenvalue weighted by Crippen LogP contribution is 2.24. The fourth-order valence-corrected chi connectivity index (χ4v) is 2.50. The summed E-state index contributed by atoms with van der Waals surface area (Å²) in [6.45, 7) is 0. The Kier molecular flexibility index (Phi) is 3.73. The van der Waals surface area contributed by atoms with Crippen molar-refractivity contribution in [1.29, 1.82) is 0 Å². The lowest BCUT2D eigenvalue weighted by Crippen LogP contribution is -2.03. The van der Waals surface area contributed by atoms with E-state index in [4.69, 9.17) is 16.7 Å². The lowest BCUT2D eigenvalue weighted by atomic mass is 10.0. The molecule has 22 heavy (non-hydrogen) atoms. The second-order valence-corrected chi connectivity index (χ2v) is 5.14. The number of carboxylic acid groups (broad SMARTS) is 1. The predicted molar refractivity (Wildman–Crippen MR) is 80.7 cm³/mol. The quantitative estimate of drug-likeness (QED) is 0.800. The van der Waals surface area contributed by atoms with Crippen LogP contribution in [0.5, 0.6) is 0 Å². The molecule has 0 unspecified atom stereocenters. The molecule has 0 aliphatic rings. The van der Waals surface area contributed by atoms with Crippen molar-refractivity contribution in [2.24, 2.45) is 0 Å². The van der Waals surface area contributed by atoms with Crippen molar-refractivity contribution >= 4 is 28.3 Å². The number of benzene rings is 2. The number of halogens is 2. The Bertz CT molecular complexity index is 883. The summed E-state index contributed by atoms with van der Waals surface area (Å²) in [4.78, 5) is 11.0. The standard InChI is InChI=1S/C16H10ClFN2O2/c17-15-11-4-2-1-3-10(11)14(19-20-15)8-9-5-6-13(18)12(7-9)16(21)22/h1-7H,8H2,(H,21,22). The highest BCUT2D eigenvalue weighted by molar-refractivity contribution is 6.34. The number of carboxylic acids is 1. The molecule has 2 aromatic carbocycles. The minimum Gasteiger partial charge on any atom is -0.478 e. The monoisotopic (exact) mass is 316 g/mol. The molecule has 0 amide bonds. The van der Waals surface area contributed by atoms with Gasteiger partial charge in [-0.15, -0.1) is 5.10 Å². The van der Waals surface area contributed by atoms with Crippen molar-refractivity contribution in [1.82, 2.24) is 10.2 Å². The van der Waals surface area contributed by atoms with E-state index >= 15 is 0 Å². The summed E-state index contributed by atoms with van der Waals surface area (Å²) in [5.74, 6) is -2.06. The van der Waals surface area contributed by atoms with E-state index in [-0.39, 0.29) is 5.56 Å². The molecule has 1 N–H and O–H groups in total. The van der Waals surface area contributed by atoms with E-state index in [0.29, 0.717) is 22.8 Å². The van der Waals surface area contributed by atoms with Gasteiger partial charge in [0.2, 0.25) is 0 Å². The van der Waals surface area contributed by atoms with Crippen LogP contribution in [-0.2, 0) is 6.42 Å². The van der Waals surface area contributed by atoms with E-state index in [0.717, 1.165) is 16.8 Å². The maximum atomic E-state index is 13.4. The van der Waals surface area contributed by atoms with E-state index in [9.17, 15) is 9.18 Å². The van der Waals surface area contributed by atoms with Crippen LogP contribution in [-0.4, -0.2) is 21.3 Å². The average Bonchev–Trinajstić information content (AvgIpc) is 2.52. The molecule has 0 spiro atoms. The van der Waals surface area contributed by atoms with Gasteiger partial charge in [0, 0.05) is 17.2 Å². The third-order valence-corrected chi connectivity index (χ3v) is 3.63. The molecular weight excluding hydrogens is 307 g/mol. The van der Waals surface area contributed by atoms with Gasteiger partial charge < -0.3 is 5.11 Å². The highest BCUT2D eigenvalue weighted by atomic mass is 35.5. The van der Waals surface area contributed by atoms with Gasteiger partial charge in [-0.2, -0.15) is 5.10 Å². The van der Waals surface area contributed by atoms with Crippen LogP contribution in [0.25, 0.3) is 10.8 Å². The first kappa shape index (κ1) is 14.4. The van der Waals surface area contributed by atoms with Crippen LogP contribution >= 0.6 is 11.6 Å². The van der Waals surface area contributed by atoms with Crippen molar-refractivity contribution in [3.63, 3.8) is 0 Å². The number of nitrogens with zero attached hydrogens (tertiary/aromatic N) is 2. The first-order chi connectivity index (χ1) is 10.6. The summed E-state index contributed by atoms with van der Waals surface area (Å²) in [6, 6.07) is 11.4. The summed E-state index contributed by atoms with van der Waals surface area (Å²) in [7, 11) is 0. The Morgan fingerprint density at radius 3 is 2.59 bits per heavy atom. The zero-order chi connectivity index (χ0) is 15.7. The fraction of sp³-hybridized carbons (Fsp3) is 0.0625. The topological polar surface area (TPSA) is 63.1 Å². The number of fused-ring (bicyclic) bond motifs is 1. The lowest BCUT2D eigenvalue weighted by molar-refractivity contribution is 0.0691. The number of hydrogen-bond donors (Lipinski definition) is 1. The molecular formula is C16H10ClFN2O2. The molecule has 0 fully saturated rings. The molecule has 0 radical (unpaired) electrons. The van der Waals surface area contributed by atoms with Gasteiger partial charge in [0.1, 0.15) is 5.82 Å². The fourth-order valence-electron chi connectivity index (χ4n) is 2.30. The van der Waals surface area contributed by atoms with Crippen LogP contribution in [0.15, 0.2) is 42.5 Å². The third kappa shape index (κ3) is 2.63. The SMILES string of the molecule is O=C(O)c1cc(Cc2nnc(Cl)c3ccccc23)ccc1F. The van der Waals surface area contributed by atoms with Gasteiger partial charge in [0.05, 0.1) is 11.3 Å². The van der Waals surface area contributed by atoms with Crippen LogP contribution in [0.4, 0.5) is 4.39 Å². The Labute approximate surface area is 130 Å². The Hall–Kier alpha value is -2.53.